The summed E-state index contributed by atoms with van der Waals surface area (Å²) in [5.41, 5.74) is 5.81. The van der Waals surface area contributed by atoms with Crippen molar-refractivity contribution in [1.82, 2.24) is 19.7 Å². The van der Waals surface area contributed by atoms with Crippen molar-refractivity contribution in [2.24, 2.45) is 24.6 Å². The fourth-order valence-electron chi connectivity index (χ4n) is 3.17. The molecule has 0 aliphatic carbocycles. The van der Waals surface area contributed by atoms with E-state index in [1.54, 1.807) is 6.33 Å². The average molecular weight is 293 g/mol. The van der Waals surface area contributed by atoms with E-state index in [-0.39, 0.29) is 17.7 Å². The van der Waals surface area contributed by atoms with Crippen molar-refractivity contribution in [1.29, 1.82) is 0 Å². The summed E-state index contributed by atoms with van der Waals surface area (Å²) in [6.07, 6.45) is 4.66. The Morgan fingerprint density at radius 2 is 2.29 bits per heavy atom. The van der Waals surface area contributed by atoms with Gasteiger partial charge in [0.15, 0.2) is 0 Å². The molecule has 21 heavy (non-hydrogen) atoms. The van der Waals surface area contributed by atoms with Crippen LogP contribution in [-0.4, -0.2) is 45.2 Å². The Morgan fingerprint density at radius 3 is 2.86 bits per heavy atom. The number of piperidine rings is 1. The van der Waals surface area contributed by atoms with E-state index in [1.807, 2.05) is 16.5 Å². The molecule has 1 aliphatic heterocycles. The average Bonchev–Trinajstić information content (AvgIpc) is 2.90. The molecule has 6 heteroatoms. The Hall–Kier alpha value is -1.43. The molecule has 1 saturated heterocycles. The molecule has 0 spiro atoms. The van der Waals surface area contributed by atoms with Gasteiger partial charge in [0.25, 0.3) is 0 Å². The van der Waals surface area contributed by atoms with Crippen LogP contribution in [0.1, 0.15) is 44.9 Å². The summed E-state index contributed by atoms with van der Waals surface area (Å²) in [6, 6.07) is 0. The minimum absolute atomic E-state index is 0.0525. The lowest BCUT2D eigenvalue weighted by molar-refractivity contribution is -0.137. The molecule has 1 fully saturated rings. The summed E-state index contributed by atoms with van der Waals surface area (Å²) in [5.74, 6) is 1.90. The van der Waals surface area contributed by atoms with Gasteiger partial charge in [-0.3, -0.25) is 4.79 Å². The fraction of sp³-hybridized carbons (Fsp3) is 0.800. The smallest absolute Gasteiger partial charge is 0.226 e. The maximum Gasteiger partial charge on any atom is 0.226 e. The molecule has 0 radical (unpaired) electrons. The monoisotopic (exact) mass is 293 g/mol. The molecule has 118 valence electrons. The molecular weight excluding hydrogens is 266 g/mol. The van der Waals surface area contributed by atoms with Crippen LogP contribution in [0.3, 0.4) is 0 Å². The Balaban J connectivity index is 2.03. The zero-order valence-corrected chi connectivity index (χ0v) is 13.3. The van der Waals surface area contributed by atoms with Crippen LogP contribution >= 0.6 is 0 Å². The third kappa shape index (κ3) is 3.81. The highest BCUT2D eigenvalue weighted by Gasteiger charge is 2.30. The Morgan fingerprint density at radius 1 is 1.52 bits per heavy atom. The first-order chi connectivity index (χ1) is 10.0. The van der Waals surface area contributed by atoms with Gasteiger partial charge in [0.05, 0.1) is 5.92 Å². The first-order valence-corrected chi connectivity index (χ1v) is 7.85. The summed E-state index contributed by atoms with van der Waals surface area (Å²) in [5, 5.41) is 8.14. The first kappa shape index (κ1) is 15.9. The van der Waals surface area contributed by atoms with Crippen LogP contribution in [0.4, 0.5) is 0 Å². The van der Waals surface area contributed by atoms with E-state index in [9.17, 15) is 4.79 Å². The van der Waals surface area contributed by atoms with Gasteiger partial charge < -0.3 is 15.2 Å². The van der Waals surface area contributed by atoms with Gasteiger partial charge in [0, 0.05) is 32.6 Å². The molecule has 0 bridgehead atoms. The zero-order valence-electron chi connectivity index (χ0n) is 13.3. The van der Waals surface area contributed by atoms with Crippen LogP contribution in [0.5, 0.6) is 0 Å². The summed E-state index contributed by atoms with van der Waals surface area (Å²) >= 11 is 0. The number of hydrogen-bond donors (Lipinski definition) is 1. The molecule has 0 saturated carbocycles. The van der Waals surface area contributed by atoms with Crippen LogP contribution in [0.25, 0.3) is 0 Å². The highest BCUT2D eigenvalue weighted by molar-refractivity contribution is 5.79. The van der Waals surface area contributed by atoms with Crippen molar-refractivity contribution in [3.05, 3.63) is 12.2 Å². The number of nitrogens with two attached hydrogens (primary N) is 1. The predicted molar refractivity (Wildman–Crippen MR) is 81.6 cm³/mol. The zero-order chi connectivity index (χ0) is 15.4. The lowest BCUT2D eigenvalue weighted by atomic mass is 9.92. The molecule has 1 aromatic rings. The van der Waals surface area contributed by atoms with Gasteiger partial charge in [-0.25, -0.2) is 0 Å². The lowest BCUT2D eigenvalue weighted by Crippen LogP contribution is -2.44. The van der Waals surface area contributed by atoms with E-state index in [0.717, 1.165) is 38.2 Å². The number of carbonyl (C=O) groups is 1. The van der Waals surface area contributed by atoms with Crippen molar-refractivity contribution in [2.45, 2.75) is 39.0 Å². The number of rotatable bonds is 5. The van der Waals surface area contributed by atoms with Gasteiger partial charge >= 0.3 is 0 Å². The molecule has 2 heterocycles. The maximum absolute atomic E-state index is 12.7. The largest absolute Gasteiger partial charge is 0.342 e. The number of carbonyl (C=O) groups excluding carboxylic acids is 1. The van der Waals surface area contributed by atoms with Gasteiger partial charge in [-0.15, -0.1) is 10.2 Å². The number of nitrogens with zero attached hydrogens (tertiary/aromatic N) is 4. The molecule has 0 aromatic carbocycles. The number of aryl methyl sites for hydroxylation is 1. The minimum Gasteiger partial charge on any atom is -0.342 e. The highest BCUT2D eigenvalue weighted by atomic mass is 16.2. The fourth-order valence-corrected chi connectivity index (χ4v) is 3.17. The molecule has 2 atom stereocenters. The molecule has 1 aliphatic rings. The van der Waals surface area contributed by atoms with Crippen molar-refractivity contribution >= 4 is 5.91 Å². The van der Waals surface area contributed by atoms with Crippen LogP contribution in [0.2, 0.25) is 0 Å². The lowest BCUT2D eigenvalue weighted by Gasteiger charge is -2.34. The van der Waals surface area contributed by atoms with Crippen LogP contribution in [-0.2, 0) is 11.8 Å². The van der Waals surface area contributed by atoms with Crippen LogP contribution in [0, 0.1) is 11.8 Å². The Labute approximate surface area is 126 Å². The standard InChI is InChI=1S/C15H27N5O/c1-11(2)7-13(8-16)15(21)20-6-4-5-12(9-20)14-18-17-10-19(14)3/h10-13H,4-9,16H2,1-3H3. The quantitative estimate of drug-likeness (QED) is 0.883. The molecular formula is C15H27N5O. The SMILES string of the molecule is CC(C)CC(CN)C(=O)N1CCCC(c2nncn2C)C1. The maximum atomic E-state index is 12.7. The number of hydrogen-bond acceptors (Lipinski definition) is 4. The second-order valence-electron chi connectivity index (χ2n) is 6.49. The second-order valence-corrected chi connectivity index (χ2v) is 6.49. The van der Waals surface area contributed by atoms with Crippen molar-refractivity contribution in [3.8, 4) is 0 Å². The van der Waals surface area contributed by atoms with Gasteiger partial charge in [0.2, 0.25) is 5.91 Å². The van der Waals surface area contributed by atoms with E-state index in [1.165, 1.54) is 0 Å². The molecule has 1 amide bonds. The topological polar surface area (TPSA) is 77.0 Å². The predicted octanol–water partition coefficient (Wildman–Crippen LogP) is 1.14. The van der Waals surface area contributed by atoms with Crippen molar-refractivity contribution in [2.75, 3.05) is 19.6 Å². The number of aromatic nitrogens is 3. The minimum atomic E-state index is -0.0525. The van der Waals surface area contributed by atoms with Gasteiger partial charge in [-0.1, -0.05) is 13.8 Å². The number of amides is 1. The number of likely N-dealkylation sites (tertiary alicyclic amines) is 1. The summed E-state index contributed by atoms with van der Waals surface area (Å²) < 4.78 is 1.95. The second kappa shape index (κ2) is 7.02. The summed E-state index contributed by atoms with van der Waals surface area (Å²) in [6.45, 7) is 6.27. The molecule has 2 unspecified atom stereocenters. The molecule has 6 nitrogen and oxygen atoms in total. The normalized spacial score (nSPS) is 20.8. The van der Waals surface area contributed by atoms with E-state index in [2.05, 4.69) is 24.0 Å². The van der Waals surface area contributed by atoms with Crippen molar-refractivity contribution in [3.63, 3.8) is 0 Å². The van der Waals surface area contributed by atoms with E-state index < -0.39 is 0 Å². The summed E-state index contributed by atoms with van der Waals surface area (Å²) in [7, 11) is 1.96. The van der Waals surface area contributed by atoms with E-state index in [0.29, 0.717) is 12.5 Å². The van der Waals surface area contributed by atoms with Gasteiger partial charge in [-0.2, -0.15) is 0 Å². The van der Waals surface area contributed by atoms with E-state index in [4.69, 9.17) is 5.73 Å². The van der Waals surface area contributed by atoms with Gasteiger partial charge in [0.1, 0.15) is 12.2 Å². The molecule has 2 N–H and O–H groups in total. The third-order valence-corrected chi connectivity index (χ3v) is 4.23. The van der Waals surface area contributed by atoms with Crippen LogP contribution in [0.15, 0.2) is 6.33 Å². The van der Waals surface area contributed by atoms with Crippen LogP contribution < -0.4 is 5.73 Å². The first-order valence-electron chi connectivity index (χ1n) is 7.85. The summed E-state index contributed by atoms with van der Waals surface area (Å²) in [4.78, 5) is 14.6. The van der Waals surface area contributed by atoms with Crippen molar-refractivity contribution < 1.29 is 4.79 Å². The van der Waals surface area contributed by atoms with E-state index >= 15 is 0 Å². The molecule has 1 aromatic heterocycles. The Kier molecular flexibility index (Phi) is 5.33. The molecule has 2 rings (SSSR count). The van der Waals surface area contributed by atoms with Gasteiger partial charge in [-0.05, 0) is 25.2 Å². The Bertz CT molecular complexity index is 470. The highest BCUT2D eigenvalue weighted by Crippen LogP contribution is 2.26. The third-order valence-electron chi connectivity index (χ3n) is 4.23.